The van der Waals surface area contributed by atoms with Crippen LogP contribution in [0.5, 0.6) is 0 Å². The minimum atomic E-state index is -2.05. The molecule has 6 heteroatoms. The number of hydrogen-bond donors (Lipinski definition) is 2. The molecule has 0 atom stereocenters. The third-order valence-corrected chi connectivity index (χ3v) is 14.9. The maximum atomic E-state index is 6.23. The van der Waals surface area contributed by atoms with Crippen LogP contribution < -0.4 is 21.4 Å². The number of nitrogens with two attached hydrogens (primary N) is 1. The highest BCUT2D eigenvalue weighted by atomic mass is 28.4. The smallest absolute Gasteiger partial charge is 0.231 e. The van der Waals surface area contributed by atoms with E-state index in [2.05, 4.69) is 87.1 Å². The SMILES string of the molecule is C=CC[Si](CC=C)(OCC)c1ccc(N)cc1.C=CC[Si](CC=C)(OCC)c1ccc(Nc2ccccc2)cc1. The Hall–Kier alpha value is -3.43. The van der Waals surface area contributed by atoms with Crippen LogP contribution in [0, 0.1) is 0 Å². The number of benzene rings is 3. The number of nitrogen functional groups attached to an aromatic ring is 1. The summed E-state index contributed by atoms with van der Waals surface area (Å²) in [6, 6.07) is 30.4. The van der Waals surface area contributed by atoms with E-state index in [-0.39, 0.29) is 0 Å². The first-order valence-electron chi connectivity index (χ1n) is 13.9. The van der Waals surface area contributed by atoms with Gasteiger partial charge in [-0.3, -0.25) is 0 Å². The van der Waals surface area contributed by atoms with Crippen LogP contribution in [0.15, 0.2) is 129 Å². The van der Waals surface area contributed by atoms with Crippen LogP contribution >= 0.6 is 0 Å². The Balaban J connectivity index is 0.000000294. The van der Waals surface area contributed by atoms with Gasteiger partial charge in [-0.25, -0.2) is 0 Å². The van der Waals surface area contributed by atoms with Crippen LogP contribution in [-0.2, 0) is 8.85 Å². The first-order valence-corrected chi connectivity index (χ1v) is 18.6. The molecule has 0 unspecified atom stereocenters. The molecule has 0 fully saturated rings. The highest BCUT2D eigenvalue weighted by Gasteiger charge is 2.35. The maximum Gasteiger partial charge on any atom is 0.231 e. The quantitative estimate of drug-likeness (QED) is 0.105. The third-order valence-electron chi connectivity index (χ3n) is 6.65. The summed E-state index contributed by atoms with van der Waals surface area (Å²) in [5.74, 6) is 0. The van der Waals surface area contributed by atoms with Gasteiger partial charge in [0.2, 0.25) is 16.6 Å². The Morgan fingerprint density at radius 3 is 1.35 bits per heavy atom. The van der Waals surface area contributed by atoms with E-state index in [9.17, 15) is 0 Å². The molecule has 0 saturated heterocycles. The summed E-state index contributed by atoms with van der Waals surface area (Å²) >= 11 is 0. The van der Waals surface area contributed by atoms with Gasteiger partial charge in [0.15, 0.2) is 0 Å². The summed E-state index contributed by atoms with van der Waals surface area (Å²) in [7, 11) is -4.04. The van der Waals surface area contributed by atoms with Crippen molar-refractivity contribution in [3.8, 4) is 0 Å². The molecule has 3 aromatic carbocycles. The van der Waals surface area contributed by atoms with Crippen LogP contribution in [0.25, 0.3) is 0 Å². The zero-order valence-corrected chi connectivity index (χ0v) is 26.3. The molecular weight excluding hydrogens is 525 g/mol. The van der Waals surface area contributed by atoms with E-state index in [1.807, 2.05) is 61.6 Å². The highest BCUT2D eigenvalue weighted by Crippen LogP contribution is 2.22. The lowest BCUT2D eigenvalue weighted by Crippen LogP contribution is -2.50. The number of hydrogen-bond acceptors (Lipinski definition) is 4. The molecule has 212 valence electrons. The molecule has 3 rings (SSSR count). The molecule has 0 aliphatic heterocycles. The average molecular weight is 571 g/mol. The highest BCUT2D eigenvalue weighted by molar-refractivity contribution is 6.87. The topological polar surface area (TPSA) is 56.5 Å². The molecule has 0 aromatic heterocycles. The summed E-state index contributed by atoms with van der Waals surface area (Å²) in [5.41, 5.74) is 8.68. The van der Waals surface area contributed by atoms with E-state index in [0.717, 1.165) is 54.5 Å². The Morgan fingerprint density at radius 1 is 0.600 bits per heavy atom. The summed E-state index contributed by atoms with van der Waals surface area (Å²) in [6.45, 7) is 21.1. The van der Waals surface area contributed by atoms with E-state index >= 15 is 0 Å². The second-order valence-corrected chi connectivity index (χ2v) is 16.9. The van der Waals surface area contributed by atoms with Crippen molar-refractivity contribution in [2.45, 2.75) is 38.0 Å². The third kappa shape index (κ3) is 9.35. The summed E-state index contributed by atoms with van der Waals surface area (Å²) in [4.78, 5) is 0. The lowest BCUT2D eigenvalue weighted by Gasteiger charge is -2.29. The van der Waals surface area contributed by atoms with Gasteiger partial charge in [0.1, 0.15) is 0 Å². The fourth-order valence-corrected chi connectivity index (χ4v) is 11.5. The minimum absolute atomic E-state index is 0.720. The number of anilines is 3. The standard InChI is InChI=1S/C20H25NOSi.C14H21NOSi/c1-4-16-23(17-5-2,22-6-3)20-14-12-19(13-15-20)21-18-10-8-7-9-11-18;1-4-11-17(12-5-2,16-6-3)14-9-7-13(15)8-10-14/h4-5,7-15,21H,1-2,6,16-17H2,3H3;4-5,7-10H,1-2,6,11-12,15H2,3H3. The van der Waals surface area contributed by atoms with Crippen molar-refractivity contribution < 1.29 is 8.85 Å². The zero-order valence-electron chi connectivity index (χ0n) is 24.3. The van der Waals surface area contributed by atoms with Crippen molar-refractivity contribution in [1.82, 2.24) is 0 Å². The normalized spacial score (nSPS) is 11.1. The van der Waals surface area contributed by atoms with Crippen molar-refractivity contribution >= 4 is 44.1 Å². The van der Waals surface area contributed by atoms with Gasteiger partial charge in [-0.15, -0.1) is 26.3 Å². The Kier molecular flexibility index (Phi) is 14.2. The van der Waals surface area contributed by atoms with E-state index in [0.29, 0.717) is 0 Å². The second kappa shape index (κ2) is 17.3. The van der Waals surface area contributed by atoms with Gasteiger partial charge in [0.25, 0.3) is 0 Å². The number of nitrogens with one attached hydrogen (secondary N) is 1. The first-order chi connectivity index (χ1) is 19.4. The number of para-hydroxylation sites is 1. The van der Waals surface area contributed by atoms with Gasteiger partial charge in [0, 0.05) is 30.3 Å². The summed E-state index contributed by atoms with van der Waals surface area (Å²) in [6.07, 6.45) is 7.84. The molecule has 0 aliphatic rings. The monoisotopic (exact) mass is 570 g/mol. The maximum absolute atomic E-state index is 6.23. The molecule has 0 aliphatic carbocycles. The molecule has 40 heavy (non-hydrogen) atoms. The lowest BCUT2D eigenvalue weighted by atomic mass is 10.3. The molecular formula is C34H46N2O2Si2. The molecule has 0 radical (unpaired) electrons. The van der Waals surface area contributed by atoms with Crippen molar-refractivity contribution in [2.75, 3.05) is 24.3 Å². The Labute approximate surface area is 244 Å². The second-order valence-electron chi connectivity index (χ2n) is 9.52. The Morgan fingerprint density at radius 2 is 0.975 bits per heavy atom. The fraction of sp³-hybridized carbons (Fsp3) is 0.235. The van der Waals surface area contributed by atoms with Crippen LogP contribution in [0.4, 0.5) is 17.1 Å². The molecule has 3 N–H and O–H groups in total. The van der Waals surface area contributed by atoms with Crippen molar-refractivity contribution in [2.24, 2.45) is 0 Å². The van der Waals surface area contributed by atoms with Gasteiger partial charge in [-0.2, -0.15) is 0 Å². The molecule has 0 bridgehead atoms. The van der Waals surface area contributed by atoms with E-state index < -0.39 is 16.6 Å². The molecule has 0 spiro atoms. The van der Waals surface area contributed by atoms with Crippen molar-refractivity contribution in [3.63, 3.8) is 0 Å². The van der Waals surface area contributed by atoms with Crippen molar-refractivity contribution in [3.05, 3.63) is 129 Å². The molecule has 4 nitrogen and oxygen atoms in total. The average Bonchev–Trinajstić information content (AvgIpc) is 2.95. The lowest BCUT2D eigenvalue weighted by molar-refractivity contribution is 0.333. The first kappa shape index (κ1) is 32.8. The van der Waals surface area contributed by atoms with Gasteiger partial charge in [0.05, 0.1) is 0 Å². The largest absolute Gasteiger partial charge is 0.412 e. The van der Waals surface area contributed by atoms with E-state index in [4.69, 9.17) is 14.6 Å². The summed E-state index contributed by atoms with van der Waals surface area (Å²) < 4.78 is 12.3. The van der Waals surface area contributed by atoms with Gasteiger partial charge in [-0.05, 0) is 84.8 Å². The van der Waals surface area contributed by atoms with Crippen molar-refractivity contribution in [1.29, 1.82) is 0 Å². The fourth-order valence-electron chi connectivity index (χ4n) is 4.86. The predicted molar refractivity (Wildman–Crippen MR) is 181 cm³/mol. The zero-order chi connectivity index (χ0) is 29.3. The van der Waals surface area contributed by atoms with Gasteiger partial charge < -0.3 is 19.9 Å². The van der Waals surface area contributed by atoms with Crippen LogP contribution in [0.2, 0.25) is 24.2 Å². The molecule has 0 saturated carbocycles. The minimum Gasteiger partial charge on any atom is -0.412 e. The van der Waals surface area contributed by atoms with Gasteiger partial charge >= 0.3 is 0 Å². The summed E-state index contributed by atoms with van der Waals surface area (Å²) in [5, 5.41) is 5.96. The van der Waals surface area contributed by atoms with E-state index in [1.165, 1.54) is 10.4 Å². The molecule has 0 amide bonds. The number of rotatable bonds is 16. The predicted octanol–water partition coefficient (Wildman–Crippen LogP) is 7.82. The number of allylic oxidation sites excluding steroid dienone is 4. The Bertz CT molecular complexity index is 1160. The van der Waals surface area contributed by atoms with Crippen LogP contribution in [-0.4, -0.2) is 29.8 Å². The van der Waals surface area contributed by atoms with Crippen LogP contribution in [0.1, 0.15) is 13.8 Å². The van der Waals surface area contributed by atoms with Crippen LogP contribution in [0.3, 0.4) is 0 Å². The molecule has 3 aromatic rings. The molecule has 0 heterocycles. The van der Waals surface area contributed by atoms with Gasteiger partial charge in [-0.1, -0.05) is 66.8 Å². The van der Waals surface area contributed by atoms with E-state index in [1.54, 1.807) is 0 Å².